The van der Waals surface area contributed by atoms with Crippen LogP contribution >= 0.6 is 0 Å². The summed E-state index contributed by atoms with van der Waals surface area (Å²) in [5, 5.41) is 0. The van der Waals surface area contributed by atoms with Gasteiger partial charge >= 0.3 is 0 Å². The van der Waals surface area contributed by atoms with E-state index in [0.717, 1.165) is 11.0 Å². The maximum absolute atomic E-state index is 12.9. The van der Waals surface area contributed by atoms with Crippen LogP contribution in [0.15, 0.2) is 48.1 Å². The van der Waals surface area contributed by atoms with Crippen LogP contribution in [-0.4, -0.2) is 23.3 Å². The number of amides is 2. The van der Waals surface area contributed by atoms with Crippen molar-refractivity contribution in [2.45, 2.75) is 19.8 Å². The molecule has 0 saturated carbocycles. The van der Waals surface area contributed by atoms with Gasteiger partial charge in [0, 0.05) is 12.1 Å². The summed E-state index contributed by atoms with van der Waals surface area (Å²) < 4.78 is 12.9. The summed E-state index contributed by atoms with van der Waals surface area (Å²) in [4.78, 5) is 25.1. The molecule has 0 saturated heterocycles. The Kier molecular flexibility index (Phi) is 6.64. The van der Waals surface area contributed by atoms with Gasteiger partial charge in [0.2, 0.25) is 0 Å². The second kappa shape index (κ2) is 8.47. The average Bonchev–Trinajstić information content (AvgIpc) is 2.53. The lowest BCUT2D eigenvalue weighted by atomic mass is 10.1. The Morgan fingerprint density at radius 3 is 2.73 bits per heavy atom. The SMILES string of the molecule is C#CCN(C(=O)C=C)/C(=C\C)C(=O)NNC1=CC=C(F)CC1. The van der Waals surface area contributed by atoms with Gasteiger partial charge in [0.1, 0.15) is 11.5 Å². The highest BCUT2D eigenvalue weighted by molar-refractivity contribution is 6.00. The molecule has 0 aromatic rings. The molecule has 0 spiro atoms. The molecule has 2 N–H and O–H groups in total. The summed E-state index contributed by atoms with van der Waals surface area (Å²) >= 11 is 0. The molecule has 1 aliphatic carbocycles. The summed E-state index contributed by atoms with van der Waals surface area (Å²) in [6, 6.07) is 0. The van der Waals surface area contributed by atoms with E-state index in [1.54, 1.807) is 13.0 Å². The van der Waals surface area contributed by atoms with E-state index in [4.69, 9.17) is 6.42 Å². The zero-order chi connectivity index (χ0) is 16.5. The van der Waals surface area contributed by atoms with Gasteiger partial charge < -0.3 is 5.43 Å². The lowest BCUT2D eigenvalue weighted by molar-refractivity contribution is -0.128. The second-order valence-corrected chi connectivity index (χ2v) is 4.39. The van der Waals surface area contributed by atoms with Crippen LogP contribution in [0.2, 0.25) is 0 Å². The van der Waals surface area contributed by atoms with E-state index in [2.05, 4.69) is 23.4 Å². The molecule has 0 radical (unpaired) electrons. The van der Waals surface area contributed by atoms with Gasteiger partial charge in [-0.05, 0) is 31.6 Å². The first-order valence-electron chi connectivity index (χ1n) is 6.68. The smallest absolute Gasteiger partial charge is 0.285 e. The van der Waals surface area contributed by atoms with E-state index in [1.807, 2.05) is 0 Å². The number of hydrogen-bond donors (Lipinski definition) is 2. The molecular formula is C16H18FN3O2. The van der Waals surface area contributed by atoms with Gasteiger partial charge in [-0.3, -0.25) is 19.9 Å². The van der Waals surface area contributed by atoms with Gasteiger partial charge in [-0.25, -0.2) is 4.39 Å². The normalized spacial score (nSPS) is 14.1. The first kappa shape index (κ1) is 17.2. The van der Waals surface area contributed by atoms with Crippen LogP contribution in [0, 0.1) is 12.3 Å². The van der Waals surface area contributed by atoms with Gasteiger partial charge in [0.05, 0.1) is 6.54 Å². The molecule has 0 aromatic heterocycles. The van der Waals surface area contributed by atoms with Crippen LogP contribution in [0.3, 0.4) is 0 Å². The molecule has 22 heavy (non-hydrogen) atoms. The van der Waals surface area contributed by atoms with Crippen LogP contribution in [-0.2, 0) is 9.59 Å². The maximum atomic E-state index is 12.9. The van der Waals surface area contributed by atoms with E-state index in [0.29, 0.717) is 12.1 Å². The lowest BCUT2D eigenvalue weighted by Gasteiger charge is -2.22. The topological polar surface area (TPSA) is 61.4 Å². The summed E-state index contributed by atoms with van der Waals surface area (Å²) in [6.07, 6.45) is 11.4. The fourth-order valence-electron chi connectivity index (χ4n) is 1.81. The van der Waals surface area contributed by atoms with E-state index in [1.165, 1.54) is 12.2 Å². The van der Waals surface area contributed by atoms with Crippen LogP contribution in [0.5, 0.6) is 0 Å². The highest BCUT2D eigenvalue weighted by Crippen LogP contribution is 2.16. The Balaban J connectivity index is 2.74. The first-order chi connectivity index (χ1) is 10.5. The van der Waals surface area contributed by atoms with Crippen LogP contribution < -0.4 is 10.9 Å². The molecule has 0 aromatic carbocycles. The third kappa shape index (κ3) is 4.63. The minimum atomic E-state index is -0.524. The third-order valence-corrected chi connectivity index (χ3v) is 2.92. The van der Waals surface area contributed by atoms with Crippen LogP contribution in [0.1, 0.15) is 19.8 Å². The van der Waals surface area contributed by atoms with Gasteiger partial charge in [-0.15, -0.1) is 6.42 Å². The van der Waals surface area contributed by atoms with E-state index in [9.17, 15) is 14.0 Å². The Hall–Kier alpha value is -2.81. The molecule has 0 atom stereocenters. The number of nitrogens with zero attached hydrogens (tertiary/aromatic N) is 1. The fraction of sp³-hybridized carbons (Fsp3) is 0.250. The Labute approximate surface area is 129 Å². The number of carbonyl (C=O) groups is 2. The molecule has 1 aliphatic rings. The number of carbonyl (C=O) groups excluding carboxylic acids is 2. The molecule has 0 unspecified atom stereocenters. The summed E-state index contributed by atoms with van der Waals surface area (Å²) in [7, 11) is 0. The summed E-state index contributed by atoms with van der Waals surface area (Å²) in [5.74, 6) is 1.12. The molecule has 116 valence electrons. The number of hydrazine groups is 1. The van der Waals surface area contributed by atoms with Crippen molar-refractivity contribution in [3.05, 3.63) is 48.1 Å². The Morgan fingerprint density at radius 2 is 2.23 bits per heavy atom. The van der Waals surface area contributed by atoms with E-state index < -0.39 is 11.8 Å². The molecule has 1 rings (SSSR count). The summed E-state index contributed by atoms with van der Waals surface area (Å²) in [5.41, 5.74) is 5.94. The minimum Gasteiger partial charge on any atom is -0.302 e. The van der Waals surface area contributed by atoms with Gasteiger partial charge in [0.25, 0.3) is 11.8 Å². The minimum absolute atomic E-state index is 0.0470. The number of rotatable bonds is 6. The molecule has 5 nitrogen and oxygen atoms in total. The second-order valence-electron chi connectivity index (χ2n) is 4.39. The molecule has 2 amide bonds. The van der Waals surface area contributed by atoms with Gasteiger partial charge in [0.15, 0.2) is 0 Å². The molecule has 0 heterocycles. The average molecular weight is 303 g/mol. The molecule has 6 heteroatoms. The van der Waals surface area contributed by atoms with Crippen molar-refractivity contribution in [3.63, 3.8) is 0 Å². The molecule has 0 bridgehead atoms. The molecule has 0 aliphatic heterocycles. The van der Waals surface area contributed by atoms with Crippen molar-refractivity contribution < 1.29 is 14.0 Å². The number of halogens is 1. The first-order valence-corrected chi connectivity index (χ1v) is 6.68. The predicted octanol–water partition coefficient (Wildman–Crippen LogP) is 1.69. The summed E-state index contributed by atoms with van der Waals surface area (Å²) in [6.45, 7) is 4.95. The monoisotopic (exact) mass is 303 g/mol. The number of hydrogen-bond acceptors (Lipinski definition) is 3. The Bertz CT molecular complexity index is 597. The van der Waals surface area contributed by atoms with Crippen molar-refractivity contribution in [1.82, 2.24) is 15.8 Å². The fourth-order valence-corrected chi connectivity index (χ4v) is 1.81. The van der Waals surface area contributed by atoms with Crippen LogP contribution in [0.25, 0.3) is 0 Å². The van der Waals surface area contributed by atoms with Crippen molar-refractivity contribution in [1.29, 1.82) is 0 Å². The highest BCUT2D eigenvalue weighted by atomic mass is 19.1. The number of allylic oxidation sites excluding steroid dienone is 5. The van der Waals surface area contributed by atoms with Crippen molar-refractivity contribution >= 4 is 11.8 Å². The zero-order valence-electron chi connectivity index (χ0n) is 12.4. The van der Waals surface area contributed by atoms with Gasteiger partial charge in [-0.1, -0.05) is 18.6 Å². The van der Waals surface area contributed by atoms with E-state index >= 15 is 0 Å². The van der Waals surface area contributed by atoms with Crippen molar-refractivity contribution in [2.75, 3.05) is 6.54 Å². The van der Waals surface area contributed by atoms with Crippen molar-refractivity contribution in [2.24, 2.45) is 0 Å². The van der Waals surface area contributed by atoms with Crippen LogP contribution in [0.4, 0.5) is 4.39 Å². The zero-order valence-corrected chi connectivity index (χ0v) is 12.4. The molecule has 0 fully saturated rings. The predicted molar refractivity (Wildman–Crippen MR) is 82.3 cm³/mol. The largest absolute Gasteiger partial charge is 0.302 e. The van der Waals surface area contributed by atoms with Crippen molar-refractivity contribution in [3.8, 4) is 12.3 Å². The number of terminal acetylenes is 1. The lowest BCUT2D eigenvalue weighted by Crippen LogP contribution is -2.43. The maximum Gasteiger partial charge on any atom is 0.285 e. The highest BCUT2D eigenvalue weighted by Gasteiger charge is 2.20. The third-order valence-electron chi connectivity index (χ3n) is 2.92. The standard InChI is InChI=1S/C16H18FN3O2/c1-4-11-20(15(21)6-3)14(5-2)16(22)19-18-13-9-7-12(17)8-10-13/h1,5-7,9,18H,3,8,10-11H2,2H3,(H,19,22)/b14-5-. The van der Waals surface area contributed by atoms with E-state index in [-0.39, 0.29) is 24.5 Å². The van der Waals surface area contributed by atoms with Gasteiger partial charge in [-0.2, -0.15) is 0 Å². The number of nitrogens with one attached hydrogen (secondary N) is 2. The quantitative estimate of drug-likeness (QED) is 0.446. The Morgan fingerprint density at radius 1 is 1.50 bits per heavy atom. The molecular weight excluding hydrogens is 285 g/mol.